The van der Waals surface area contributed by atoms with Gasteiger partial charge in [0.15, 0.2) is 5.78 Å². The van der Waals surface area contributed by atoms with Gasteiger partial charge in [-0.3, -0.25) is 9.78 Å². The molecule has 5 heteroatoms. The van der Waals surface area contributed by atoms with Gasteiger partial charge in [0.1, 0.15) is 11.6 Å². The predicted molar refractivity (Wildman–Crippen MR) is 79.7 cm³/mol. The Morgan fingerprint density at radius 1 is 1.38 bits per heavy atom. The van der Waals surface area contributed by atoms with Crippen LogP contribution in [-0.4, -0.2) is 17.9 Å². The summed E-state index contributed by atoms with van der Waals surface area (Å²) in [5.41, 5.74) is 2.22. The Balaban J connectivity index is 2.34. The molecule has 0 unspecified atom stereocenters. The molecule has 1 heterocycles. The van der Waals surface area contributed by atoms with Gasteiger partial charge < -0.3 is 4.74 Å². The van der Waals surface area contributed by atoms with Gasteiger partial charge in [0.2, 0.25) is 0 Å². The van der Waals surface area contributed by atoms with Gasteiger partial charge in [-0.15, -0.1) is 0 Å². The fourth-order valence-corrected chi connectivity index (χ4v) is 2.38. The molecule has 0 saturated heterocycles. The van der Waals surface area contributed by atoms with Crippen LogP contribution >= 0.6 is 11.6 Å². The number of halogens is 2. The quantitative estimate of drug-likeness (QED) is 0.804. The first-order chi connectivity index (χ1) is 9.93. The summed E-state index contributed by atoms with van der Waals surface area (Å²) >= 11 is 5.81. The van der Waals surface area contributed by atoms with Crippen molar-refractivity contribution in [1.82, 2.24) is 4.98 Å². The highest BCUT2D eigenvalue weighted by Gasteiger charge is 2.17. The molecule has 0 amide bonds. The Morgan fingerprint density at radius 2 is 2.10 bits per heavy atom. The van der Waals surface area contributed by atoms with E-state index in [9.17, 15) is 9.18 Å². The number of ether oxygens (including phenoxy) is 1. The van der Waals surface area contributed by atoms with Crippen LogP contribution in [0.2, 0.25) is 5.02 Å². The zero-order valence-corrected chi connectivity index (χ0v) is 12.8. The smallest absolute Gasteiger partial charge is 0.171 e. The minimum absolute atomic E-state index is 0.000262. The molecule has 2 aromatic rings. The fraction of sp³-hybridized carbons (Fsp3) is 0.250. The Kier molecular flexibility index (Phi) is 4.58. The predicted octanol–water partition coefficient (Wildman–Crippen LogP) is 3.92. The normalized spacial score (nSPS) is 10.5. The molecule has 0 spiro atoms. The lowest BCUT2D eigenvalue weighted by atomic mass is 10.0. The Bertz CT molecular complexity index is 701. The summed E-state index contributed by atoms with van der Waals surface area (Å²) in [6.07, 6.45) is 1.64. The van der Waals surface area contributed by atoms with Gasteiger partial charge in [0, 0.05) is 22.3 Å². The Hall–Kier alpha value is -1.94. The van der Waals surface area contributed by atoms with Crippen molar-refractivity contribution < 1.29 is 13.9 Å². The summed E-state index contributed by atoms with van der Waals surface area (Å²) in [5, 5.41) is 0.325. The first-order valence-corrected chi connectivity index (χ1v) is 6.79. The number of pyridine rings is 1. The second-order valence-corrected chi connectivity index (χ2v) is 5.21. The van der Waals surface area contributed by atoms with Crippen LogP contribution in [0.25, 0.3) is 0 Å². The maximum Gasteiger partial charge on any atom is 0.171 e. The first kappa shape index (κ1) is 15.4. The molecule has 0 N–H and O–H groups in total. The van der Waals surface area contributed by atoms with Gasteiger partial charge in [-0.1, -0.05) is 11.6 Å². The summed E-state index contributed by atoms with van der Waals surface area (Å²) in [4.78, 5) is 16.5. The number of hydrogen-bond acceptors (Lipinski definition) is 3. The van der Waals surface area contributed by atoms with Crippen LogP contribution in [0, 0.1) is 19.7 Å². The molecule has 110 valence electrons. The van der Waals surface area contributed by atoms with Crippen LogP contribution in [0.1, 0.15) is 27.2 Å². The molecule has 0 atom stereocenters. The zero-order valence-electron chi connectivity index (χ0n) is 12.0. The van der Waals surface area contributed by atoms with Crippen molar-refractivity contribution in [2.45, 2.75) is 20.3 Å². The lowest BCUT2D eigenvalue weighted by Gasteiger charge is -2.12. The molecule has 0 aliphatic carbocycles. The number of nitrogens with zero attached hydrogens (tertiary/aromatic N) is 1. The lowest BCUT2D eigenvalue weighted by molar-refractivity contribution is 0.0988. The molecular weight excluding hydrogens is 293 g/mol. The second-order valence-electron chi connectivity index (χ2n) is 4.77. The average Bonchev–Trinajstić information content (AvgIpc) is 2.45. The summed E-state index contributed by atoms with van der Waals surface area (Å²) < 4.78 is 19.0. The molecule has 3 nitrogen and oxygen atoms in total. The van der Waals surface area contributed by atoms with E-state index in [-0.39, 0.29) is 17.8 Å². The fourth-order valence-electron chi connectivity index (χ4n) is 2.21. The summed E-state index contributed by atoms with van der Waals surface area (Å²) in [6.45, 7) is 3.71. The van der Waals surface area contributed by atoms with Crippen molar-refractivity contribution in [3.8, 4) is 5.75 Å². The molecule has 0 aliphatic heterocycles. The van der Waals surface area contributed by atoms with E-state index >= 15 is 0 Å². The van der Waals surface area contributed by atoms with Crippen molar-refractivity contribution in [2.24, 2.45) is 0 Å². The largest absolute Gasteiger partial charge is 0.496 e. The number of benzene rings is 1. The first-order valence-electron chi connectivity index (χ1n) is 6.41. The van der Waals surface area contributed by atoms with Gasteiger partial charge in [0.05, 0.1) is 24.8 Å². The van der Waals surface area contributed by atoms with E-state index in [0.29, 0.717) is 16.5 Å². The molecule has 1 aromatic heterocycles. The number of rotatable bonds is 4. The number of ketones is 1. The van der Waals surface area contributed by atoms with Gasteiger partial charge in [-0.05, 0) is 32.0 Å². The Labute approximate surface area is 127 Å². The third-order valence-corrected chi connectivity index (χ3v) is 3.54. The van der Waals surface area contributed by atoms with Gasteiger partial charge in [-0.2, -0.15) is 0 Å². The highest BCUT2D eigenvalue weighted by molar-refractivity contribution is 6.31. The number of hydrogen-bond donors (Lipinski definition) is 0. The van der Waals surface area contributed by atoms with E-state index in [1.165, 1.54) is 18.2 Å². The van der Waals surface area contributed by atoms with Crippen LogP contribution in [0.5, 0.6) is 5.75 Å². The van der Waals surface area contributed by atoms with E-state index in [1.54, 1.807) is 13.3 Å². The molecule has 0 aliphatic rings. The topological polar surface area (TPSA) is 39.2 Å². The van der Waals surface area contributed by atoms with Crippen LogP contribution < -0.4 is 4.74 Å². The van der Waals surface area contributed by atoms with Gasteiger partial charge >= 0.3 is 0 Å². The number of Topliss-reactive ketones (excluding diaryl/α,β-unsaturated/α-hetero) is 1. The summed E-state index contributed by atoms with van der Waals surface area (Å²) in [7, 11) is 1.57. The number of aromatic nitrogens is 1. The molecule has 1 aromatic carbocycles. The number of aryl methyl sites for hydroxylation is 1. The second kappa shape index (κ2) is 6.22. The van der Waals surface area contributed by atoms with Crippen molar-refractivity contribution in [3.63, 3.8) is 0 Å². The van der Waals surface area contributed by atoms with E-state index in [2.05, 4.69) is 4.98 Å². The van der Waals surface area contributed by atoms with Crippen molar-refractivity contribution in [3.05, 3.63) is 57.6 Å². The van der Waals surface area contributed by atoms with Crippen LogP contribution in [-0.2, 0) is 6.42 Å². The van der Waals surface area contributed by atoms with Crippen LogP contribution in [0.15, 0.2) is 24.4 Å². The van der Waals surface area contributed by atoms with Gasteiger partial charge in [0.25, 0.3) is 0 Å². The average molecular weight is 308 g/mol. The van der Waals surface area contributed by atoms with Crippen molar-refractivity contribution in [2.75, 3.05) is 7.11 Å². The Morgan fingerprint density at radius 3 is 2.76 bits per heavy atom. The third-order valence-electron chi connectivity index (χ3n) is 3.31. The SMILES string of the molecule is COc1c(C)cnc(CC(=O)c2cc(Cl)ccc2F)c1C. The third kappa shape index (κ3) is 3.22. The highest BCUT2D eigenvalue weighted by atomic mass is 35.5. The molecule has 21 heavy (non-hydrogen) atoms. The maximum absolute atomic E-state index is 13.7. The summed E-state index contributed by atoms with van der Waals surface area (Å²) in [6, 6.07) is 3.93. The number of methoxy groups -OCH3 is 1. The maximum atomic E-state index is 13.7. The summed E-state index contributed by atoms with van der Waals surface area (Å²) in [5.74, 6) is -0.253. The molecule has 2 rings (SSSR count). The molecular formula is C16H15ClFNO2. The van der Waals surface area contributed by atoms with Crippen molar-refractivity contribution >= 4 is 17.4 Å². The van der Waals surface area contributed by atoms with E-state index in [1.807, 2.05) is 13.8 Å². The number of carbonyl (C=O) groups is 1. The lowest BCUT2D eigenvalue weighted by Crippen LogP contribution is -2.10. The minimum Gasteiger partial charge on any atom is -0.496 e. The van der Waals surface area contributed by atoms with E-state index in [0.717, 1.165) is 11.1 Å². The number of carbonyl (C=O) groups excluding carboxylic acids is 1. The van der Waals surface area contributed by atoms with E-state index in [4.69, 9.17) is 16.3 Å². The standard InChI is InChI=1S/C16H15ClFNO2/c1-9-8-19-14(10(2)16(9)21-3)7-15(20)12-6-11(17)4-5-13(12)18/h4-6,8H,7H2,1-3H3. The molecule has 0 saturated carbocycles. The molecule has 0 bridgehead atoms. The minimum atomic E-state index is -0.582. The van der Waals surface area contributed by atoms with Crippen LogP contribution in [0.3, 0.4) is 0 Å². The monoisotopic (exact) mass is 307 g/mol. The molecule has 0 fully saturated rings. The van der Waals surface area contributed by atoms with Crippen LogP contribution in [0.4, 0.5) is 4.39 Å². The zero-order chi connectivity index (χ0) is 15.6. The molecule has 0 radical (unpaired) electrons. The van der Waals surface area contributed by atoms with E-state index < -0.39 is 5.82 Å². The van der Waals surface area contributed by atoms with Gasteiger partial charge in [-0.25, -0.2) is 4.39 Å². The highest BCUT2D eigenvalue weighted by Crippen LogP contribution is 2.25. The van der Waals surface area contributed by atoms with Crippen molar-refractivity contribution in [1.29, 1.82) is 0 Å².